The second kappa shape index (κ2) is 3.09. The molecule has 0 atom stereocenters. The van der Waals surface area contributed by atoms with Gasteiger partial charge in [0.25, 0.3) is 0 Å². The fourth-order valence-electron chi connectivity index (χ4n) is 0.952. The van der Waals surface area contributed by atoms with E-state index in [4.69, 9.17) is 15.7 Å². The summed E-state index contributed by atoms with van der Waals surface area (Å²) >= 11 is 0. The Kier molecular flexibility index (Phi) is 2.15. The van der Waals surface area contributed by atoms with Crippen LogP contribution in [0.5, 0.6) is 5.88 Å². The van der Waals surface area contributed by atoms with E-state index in [0.29, 0.717) is 11.4 Å². The molecule has 0 aliphatic carbocycles. The van der Waals surface area contributed by atoms with Crippen molar-refractivity contribution in [3.63, 3.8) is 0 Å². The second-order valence-corrected chi connectivity index (χ2v) is 2.36. The molecule has 1 heterocycles. The maximum atomic E-state index is 8.71. The minimum Gasteiger partial charge on any atom is -0.480 e. The first-order valence-electron chi connectivity index (χ1n) is 3.40. The van der Waals surface area contributed by atoms with Gasteiger partial charge in [-0.05, 0) is 18.6 Å². The van der Waals surface area contributed by atoms with Crippen molar-refractivity contribution in [1.82, 2.24) is 4.98 Å². The highest BCUT2D eigenvalue weighted by Crippen LogP contribution is 2.20. The molecule has 1 aromatic rings. The quantitative estimate of drug-likeness (QED) is 0.666. The van der Waals surface area contributed by atoms with Crippen LogP contribution in [0.4, 0.5) is 5.82 Å². The summed E-state index contributed by atoms with van der Waals surface area (Å²) in [4.78, 5) is 3.86. The Bertz CT molecular complexity index is 341. The number of nitriles is 1. The van der Waals surface area contributed by atoms with Gasteiger partial charge in [-0.25, -0.2) is 0 Å². The Morgan fingerprint density at radius 3 is 2.83 bits per heavy atom. The van der Waals surface area contributed by atoms with E-state index < -0.39 is 0 Å². The van der Waals surface area contributed by atoms with E-state index in [-0.39, 0.29) is 5.88 Å². The number of hydrogen-bond donors (Lipinski definition) is 1. The van der Waals surface area contributed by atoms with E-state index in [2.05, 4.69) is 4.98 Å². The smallest absolute Gasteiger partial charge is 0.233 e. The number of aromatic nitrogens is 1. The molecule has 4 nitrogen and oxygen atoms in total. The van der Waals surface area contributed by atoms with Crippen LogP contribution in [0.2, 0.25) is 0 Å². The number of anilines is 1. The first-order chi connectivity index (χ1) is 5.69. The molecule has 0 unspecified atom stereocenters. The predicted molar refractivity (Wildman–Crippen MR) is 44.7 cm³/mol. The van der Waals surface area contributed by atoms with Gasteiger partial charge in [-0.3, -0.25) is 0 Å². The SMILES string of the molecule is COc1nc(N)cc(C)c1C#N. The first kappa shape index (κ1) is 8.34. The van der Waals surface area contributed by atoms with Gasteiger partial charge >= 0.3 is 0 Å². The molecule has 0 fully saturated rings. The second-order valence-electron chi connectivity index (χ2n) is 2.36. The number of hydrogen-bond acceptors (Lipinski definition) is 4. The monoisotopic (exact) mass is 163 g/mol. The zero-order valence-electron chi connectivity index (χ0n) is 6.96. The van der Waals surface area contributed by atoms with Crippen LogP contribution in [0.3, 0.4) is 0 Å². The molecule has 4 heteroatoms. The van der Waals surface area contributed by atoms with E-state index in [9.17, 15) is 0 Å². The van der Waals surface area contributed by atoms with Gasteiger partial charge in [0, 0.05) is 0 Å². The largest absolute Gasteiger partial charge is 0.480 e. The highest BCUT2D eigenvalue weighted by Gasteiger charge is 2.07. The third kappa shape index (κ3) is 1.30. The zero-order chi connectivity index (χ0) is 9.14. The van der Waals surface area contributed by atoms with Crippen LogP contribution >= 0.6 is 0 Å². The normalized spacial score (nSPS) is 9.08. The maximum Gasteiger partial charge on any atom is 0.233 e. The van der Waals surface area contributed by atoms with Gasteiger partial charge in [0.1, 0.15) is 17.5 Å². The van der Waals surface area contributed by atoms with Gasteiger partial charge in [0.15, 0.2) is 0 Å². The van der Waals surface area contributed by atoms with Crippen molar-refractivity contribution in [2.75, 3.05) is 12.8 Å². The average molecular weight is 163 g/mol. The lowest BCUT2D eigenvalue weighted by molar-refractivity contribution is 0.397. The van der Waals surface area contributed by atoms with Crippen molar-refractivity contribution < 1.29 is 4.74 Å². The van der Waals surface area contributed by atoms with Crippen LogP contribution in [0, 0.1) is 18.3 Å². The molecule has 2 N–H and O–H groups in total. The number of methoxy groups -OCH3 is 1. The highest BCUT2D eigenvalue weighted by molar-refractivity contribution is 5.50. The van der Waals surface area contributed by atoms with Gasteiger partial charge in [0.05, 0.1) is 7.11 Å². The van der Waals surface area contributed by atoms with Crippen LogP contribution < -0.4 is 10.5 Å². The number of nitrogens with two attached hydrogens (primary N) is 1. The molecule has 0 amide bonds. The van der Waals surface area contributed by atoms with Crippen molar-refractivity contribution >= 4 is 5.82 Å². The molecule has 0 bridgehead atoms. The Balaban J connectivity index is 3.36. The molecule has 12 heavy (non-hydrogen) atoms. The Morgan fingerprint density at radius 1 is 1.67 bits per heavy atom. The Morgan fingerprint density at radius 2 is 2.33 bits per heavy atom. The summed E-state index contributed by atoms with van der Waals surface area (Å²) in [5, 5.41) is 8.71. The first-order valence-corrected chi connectivity index (χ1v) is 3.40. The van der Waals surface area contributed by atoms with Crippen LogP contribution in [0.15, 0.2) is 6.07 Å². The van der Waals surface area contributed by atoms with E-state index in [1.165, 1.54) is 7.11 Å². The summed E-state index contributed by atoms with van der Waals surface area (Å²) in [6, 6.07) is 3.64. The average Bonchev–Trinajstić information content (AvgIpc) is 2.03. The molecule has 1 rings (SSSR count). The lowest BCUT2D eigenvalue weighted by atomic mass is 10.1. The van der Waals surface area contributed by atoms with Crippen LogP contribution in [-0.2, 0) is 0 Å². The molecular formula is C8H9N3O. The van der Waals surface area contributed by atoms with Crippen molar-refractivity contribution in [3.05, 3.63) is 17.2 Å². The molecule has 0 aromatic carbocycles. The van der Waals surface area contributed by atoms with E-state index in [1.54, 1.807) is 13.0 Å². The molecule has 0 radical (unpaired) electrons. The lowest BCUT2D eigenvalue weighted by Crippen LogP contribution is -1.98. The van der Waals surface area contributed by atoms with Crippen molar-refractivity contribution in [1.29, 1.82) is 5.26 Å². The number of nitrogens with zero attached hydrogens (tertiary/aromatic N) is 2. The predicted octanol–water partition coefficient (Wildman–Crippen LogP) is 0.853. The van der Waals surface area contributed by atoms with E-state index in [1.807, 2.05) is 6.07 Å². The summed E-state index contributed by atoms with van der Waals surface area (Å²) in [6.45, 7) is 1.79. The van der Waals surface area contributed by atoms with Crippen molar-refractivity contribution in [2.45, 2.75) is 6.92 Å². The van der Waals surface area contributed by atoms with Gasteiger partial charge in [0.2, 0.25) is 5.88 Å². The molecule has 0 saturated heterocycles. The van der Waals surface area contributed by atoms with E-state index >= 15 is 0 Å². The molecule has 0 spiro atoms. The summed E-state index contributed by atoms with van der Waals surface area (Å²) < 4.78 is 4.88. The molecular weight excluding hydrogens is 154 g/mol. The minimum atomic E-state index is 0.287. The molecule has 0 saturated carbocycles. The lowest BCUT2D eigenvalue weighted by Gasteiger charge is -2.04. The number of pyridine rings is 1. The summed E-state index contributed by atoms with van der Waals surface area (Å²) in [6.07, 6.45) is 0. The third-order valence-electron chi connectivity index (χ3n) is 1.51. The molecule has 0 aliphatic rings. The Labute approximate surface area is 70.6 Å². The van der Waals surface area contributed by atoms with Crippen LogP contribution in [0.1, 0.15) is 11.1 Å². The molecule has 1 aromatic heterocycles. The van der Waals surface area contributed by atoms with Crippen LogP contribution in [-0.4, -0.2) is 12.1 Å². The number of aryl methyl sites for hydroxylation is 1. The van der Waals surface area contributed by atoms with Crippen molar-refractivity contribution in [3.8, 4) is 11.9 Å². The van der Waals surface area contributed by atoms with Gasteiger partial charge in [-0.1, -0.05) is 0 Å². The number of nitrogen functional groups attached to an aromatic ring is 1. The van der Waals surface area contributed by atoms with Gasteiger partial charge in [-0.2, -0.15) is 10.2 Å². The molecule has 62 valence electrons. The zero-order valence-corrected chi connectivity index (χ0v) is 6.96. The fourth-order valence-corrected chi connectivity index (χ4v) is 0.952. The fraction of sp³-hybridized carbons (Fsp3) is 0.250. The summed E-state index contributed by atoms with van der Waals surface area (Å²) in [5.74, 6) is 0.651. The maximum absolute atomic E-state index is 8.71. The molecule has 0 aliphatic heterocycles. The van der Waals surface area contributed by atoms with Crippen LogP contribution in [0.25, 0.3) is 0 Å². The van der Waals surface area contributed by atoms with Crippen molar-refractivity contribution in [2.24, 2.45) is 0 Å². The minimum absolute atomic E-state index is 0.287. The standard InChI is InChI=1S/C8H9N3O/c1-5-3-7(10)11-8(12-2)6(5)4-9/h3H,1-2H3,(H2,10,11). The third-order valence-corrected chi connectivity index (χ3v) is 1.51. The highest BCUT2D eigenvalue weighted by atomic mass is 16.5. The van der Waals surface area contributed by atoms with E-state index in [0.717, 1.165) is 5.56 Å². The van der Waals surface area contributed by atoms with Gasteiger partial charge < -0.3 is 10.5 Å². The summed E-state index contributed by atoms with van der Waals surface area (Å²) in [7, 11) is 1.46. The van der Waals surface area contributed by atoms with Gasteiger partial charge in [-0.15, -0.1) is 0 Å². The Hall–Kier alpha value is -1.76. The number of rotatable bonds is 1. The number of ether oxygens (including phenoxy) is 1. The topological polar surface area (TPSA) is 71.9 Å². The summed E-state index contributed by atoms with van der Waals surface area (Å²) in [5.41, 5.74) is 6.67.